The maximum atomic E-state index is 12.9. The topological polar surface area (TPSA) is 54.5 Å². The number of ether oxygens (including phenoxy) is 1. The Labute approximate surface area is 145 Å². The van der Waals surface area contributed by atoms with Crippen LogP contribution in [0.25, 0.3) is 0 Å². The zero-order chi connectivity index (χ0) is 16.5. The highest BCUT2D eigenvalue weighted by molar-refractivity contribution is 7.09. The number of nitrogens with zero attached hydrogens (tertiary/aromatic N) is 2. The number of urea groups is 1. The molecule has 1 aliphatic carbocycles. The molecule has 6 heteroatoms. The lowest BCUT2D eigenvalue weighted by Gasteiger charge is -2.35. The van der Waals surface area contributed by atoms with Crippen LogP contribution in [0.5, 0.6) is 0 Å². The first-order valence-electron chi connectivity index (χ1n) is 8.37. The van der Waals surface area contributed by atoms with Crippen molar-refractivity contribution in [3.63, 3.8) is 0 Å². The summed E-state index contributed by atoms with van der Waals surface area (Å²) in [5.41, 5.74) is 3.59. The number of benzene rings is 1. The first kappa shape index (κ1) is 15.6. The Balaban J connectivity index is 1.50. The van der Waals surface area contributed by atoms with Crippen molar-refractivity contribution >= 4 is 17.4 Å². The quantitative estimate of drug-likeness (QED) is 0.911. The number of hydrogen-bond acceptors (Lipinski definition) is 4. The van der Waals surface area contributed by atoms with Crippen LogP contribution in [0.1, 0.15) is 40.3 Å². The molecule has 0 radical (unpaired) electrons. The lowest BCUT2D eigenvalue weighted by atomic mass is 10.1. The number of carbonyl (C=O) groups excluding carboxylic acids is 1. The largest absolute Gasteiger partial charge is 0.377 e. The number of morpholine rings is 1. The third-order valence-corrected chi connectivity index (χ3v) is 5.81. The van der Waals surface area contributed by atoms with Gasteiger partial charge in [-0.3, -0.25) is 0 Å². The maximum Gasteiger partial charge on any atom is 0.318 e. The number of carbonyl (C=O) groups is 1. The first-order chi connectivity index (χ1) is 11.7. The fourth-order valence-corrected chi connectivity index (χ4v) is 4.41. The van der Waals surface area contributed by atoms with E-state index in [4.69, 9.17) is 4.74 Å². The third kappa shape index (κ3) is 2.91. The van der Waals surface area contributed by atoms with Crippen molar-refractivity contribution in [2.45, 2.75) is 31.8 Å². The molecule has 0 spiro atoms. The molecule has 0 unspecified atom stereocenters. The summed E-state index contributed by atoms with van der Waals surface area (Å²) in [7, 11) is 0. The Hall–Kier alpha value is -1.92. The number of hydrogen-bond donors (Lipinski definition) is 1. The van der Waals surface area contributed by atoms with Crippen LogP contribution in [0.4, 0.5) is 4.79 Å². The molecule has 2 atom stereocenters. The minimum Gasteiger partial charge on any atom is -0.377 e. The van der Waals surface area contributed by atoms with Gasteiger partial charge >= 0.3 is 6.03 Å². The molecule has 0 bridgehead atoms. The SMILES string of the molecule is Cc1csc([C@H]2COCCN2C(=O)N[C@H]2CCc3ccccc32)n1. The average Bonchev–Trinajstić information content (AvgIpc) is 3.22. The van der Waals surface area contributed by atoms with Gasteiger partial charge in [-0.05, 0) is 30.9 Å². The molecule has 1 aliphatic heterocycles. The van der Waals surface area contributed by atoms with Gasteiger partial charge in [0.2, 0.25) is 0 Å². The number of fused-ring (bicyclic) bond motifs is 1. The smallest absolute Gasteiger partial charge is 0.318 e. The summed E-state index contributed by atoms with van der Waals surface area (Å²) in [4.78, 5) is 19.3. The summed E-state index contributed by atoms with van der Waals surface area (Å²) in [6, 6.07) is 8.37. The van der Waals surface area contributed by atoms with Crippen molar-refractivity contribution in [3.05, 3.63) is 51.5 Å². The van der Waals surface area contributed by atoms with Crippen molar-refractivity contribution in [2.24, 2.45) is 0 Å². The number of rotatable bonds is 2. The summed E-state index contributed by atoms with van der Waals surface area (Å²) in [6.07, 6.45) is 2.00. The van der Waals surface area contributed by atoms with E-state index in [1.54, 1.807) is 11.3 Å². The Bertz CT molecular complexity index is 745. The molecule has 1 aromatic heterocycles. The zero-order valence-corrected chi connectivity index (χ0v) is 14.5. The molecule has 1 aromatic carbocycles. The van der Waals surface area contributed by atoms with E-state index >= 15 is 0 Å². The van der Waals surface area contributed by atoms with Crippen LogP contribution in [0, 0.1) is 6.92 Å². The van der Waals surface area contributed by atoms with E-state index in [1.807, 2.05) is 23.3 Å². The molecule has 4 rings (SSSR count). The Morgan fingerprint density at radius 3 is 3.12 bits per heavy atom. The van der Waals surface area contributed by atoms with Crippen molar-refractivity contribution in [1.82, 2.24) is 15.2 Å². The van der Waals surface area contributed by atoms with Crippen molar-refractivity contribution in [3.8, 4) is 0 Å². The summed E-state index contributed by atoms with van der Waals surface area (Å²) in [6.45, 7) is 3.67. The van der Waals surface area contributed by atoms with Gasteiger partial charge in [-0.25, -0.2) is 9.78 Å². The van der Waals surface area contributed by atoms with Crippen LogP contribution in [0.3, 0.4) is 0 Å². The van der Waals surface area contributed by atoms with E-state index in [0.717, 1.165) is 23.5 Å². The Morgan fingerprint density at radius 2 is 2.29 bits per heavy atom. The predicted molar refractivity (Wildman–Crippen MR) is 93.2 cm³/mol. The molecule has 1 N–H and O–H groups in total. The van der Waals surface area contributed by atoms with E-state index in [0.29, 0.717) is 19.8 Å². The summed E-state index contributed by atoms with van der Waals surface area (Å²) >= 11 is 1.60. The molecule has 2 aromatic rings. The molecule has 2 aliphatic rings. The number of aromatic nitrogens is 1. The van der Waals surface area contributed by atoms with E-state index in [1.165, 1.54) is 11.1 Å². The van der Waals surface area contributed by atoms with Crippen LogP contribution in [0.15, 0.2) is 29.6 Å². The van der Waals surface area contributed by atoms with E-state index < -0.39 is 0 Å². The van der Waals surface area contributed by atoms with Gasteiger partial charge in [0.15, 0.2) is 0 Å². The minimum atomic E-state index is -0.0888. The van der Waals surface area contributed by atoms with Gasteiger partial charge in [-0.15, -0.1) is 11.3 Å². The van der Waals surface area contributed by atoms with Gasteiger partial charge in [0.1, 0.15) is 11.0 Å². The molecule has 2 heterocycles. The highest BCUT2D eigenvalue weighted by Gasteiger charge is 2.33. The highest BCUT2D eigenvalue weighted by Crippen LogP contribution is 2.32. The van der Waals surface area contributed by atoms with E-state index in [2.05, 4.69) is 28.5 Å². The monoisotopic (exact) mass is 343 g/mol. The number of amides is 2. The second-order valence-electron chi connectivity index (χ2n) is 6.35. The Kier molecular flexibility index (Phi) is 4.24. The molecular formula is C18H21N3O2S. The summed E-state index contributed by atoms with van der Waals surface area (Å²) in [5.74, 6) is 0. The molecule has 0 saturated carbocycles. The molecule has 1 saturated heterocycles. The van der Waals surface area contributed by atoms with Crippen LogP contribution in [-0.2, 0) is 11.2 Å². The normalized spacial score (nSPS) is 23.1. The number of nitrogens with one attached hydrogen (secondary N) is 1. The van der Waals surface area contributed by atoms with Gasteiger partial charge in [-0.1, -0.05) is 24.3 Å². The van der Waals surface area contributed by atoms with Crippen LogP contribution < -0.4 is 5.32 Å². The van der Waals surface area contributed by atoms with Gasteiger partial charge in [0.25, 0.3) is 0 Å². The maximum absolute atomic E-state index is 12.9. The number of aryl methyl sites for hydroxylation is 2. The fraction of sp³-hybridized carbons (Fsp3) is 0.444. The van der Waals surface area contributed by atoms with Gasteiger partial charge < -0.3 is 15.0 Å². The van der Waals surface area contributed by atoms with Crippen molar-refractivity contribution in [2.75, 3.05) is 19.8 Å². The highest BCUT2D eigenvalue weighted by atomic mass is 32.1. The molecular weight excluding hydrogens is 322 g/mol. The third-order valence-electron chi connectivity index (χ3n) is 4.74. The Morgan fingerprint density at radius 1 is 1.42 bits per heavy atom. The lowest BCUT2D eigenvalue weighted by Crippen LogP contribution is -2.48. The predicted octanol–water partition coefficient (Wildman–Crippen LogP) is 3.22. The molecule has 126 valence electrons. The van der Waals surface area contributed by atoms with Crippen molar-refractivity contribution in [1.29, 1.82) is 0 Å². The molecule has 1 fully saturated rings. The van der Waals surface area contributed by atoms with Crippen LogP contribution >= 0.6 is 11.3 Å². The van der Waals surface area contributed by atoms with Gasteiger partial charge in [-0.2, -0.15) is 0 Å². The molecule has 5 nitrogen and oxygen atoms in total. The van der Waals surface area contributed by atoms with Gasteiger partial charge in [0, 0.05) is 17.6 Å². The summed E-state index contributed by atoms with van der Waals surface area (Å²) < 4.78 is 5.60. The second-order valence-corrected chi connectivity index (χ2v) is 7.24. The van der Waals surface area contributed by atoms with Gasteiger partial charge in [0.05, 0.1) is 19.3 Å². The van der Waals surface area contributed by atoms with Crippen LogP contribution in [-0.4, -0.2) is 35.7 Å². The second kappa shape index (κ2) is 6.53. The van der Waals surface area contributed by atoms with E-state index in [-0.39, 0.29) is 18.1 Å². The number of thiazole rings is 1. The fourth-order valence-electron chi connectivity index (χ4n) is 3.52. The summed E-state index contributed by atoms with van der Waals surface area (Å²) in [5, 5.41) is 6.19. The average molecular weight is 343 g/mol. The molecule has 24 heavy (non-hydrogen) atoms. The minimum absolute atomic E-state index is 0.0159. The van der Waals surface area contributed by atoms with Crippen LogP contribution in [0.2, 0.25) is 0 Å². The lowest BCUT2D eigenvalue weighted by molar-refractivity contribution is 0.0109. The molecule has 2 amide bonds. The van der Waals surface area contributed by atoms with E-state index in [9.17, 15) is 4.79 Å². The standard InChI is InChI=1S/C18H21N3O2S/c1-12-11-24-17(19-12)16-10-23-9-8-21(16)18(22)20-15-7-6-13-4-2-3-5-14(13)15/h2-5,11,15-16H,6-10H2,1H3,(H,20,22)/t15-,16+/m0/s1. The zero-order valence-electron chi connectivity index (χ0n) is 13.7. The van der Waals surface area contributed by atoms with Crippen molar-refractivity contribution < 1.29 is 9.53 Å². The first-order valence-corrected chi connectivity index (χ1v) is 9.25.